The van der Waals surface area contributed by atoms with Gasteiger partial charge in [0.2, 0.25) is 11.8 Å². The topological polar surface area (TPSA) is 58.6 Å². The number of rotatable bonds is 5. The Hall–Kier alpha value is -0.750. The SMILES string of the molecule is CSC(C)C(=O)N1CCC(CNC(=O)C2CCOCC2)CC1. The minimum atomic E-state index is 0.0461. The summed E-state index contributed by atoms with van der Waals surface area (Å²) < 4.78 is 5.29. The highest BCUT2D eigenvalue weighted by Crippen LogP contribution is 2.20. The molecule has 0 aliphatic carbocycles. The van der Waals surface area contributed by atoms with Crippen LogP contribution in [0.1, 0.15) is 32.6 Å². The highest BCUT2D eigenvalue weighted by atomic mass is 32.2. The molecule has 2 aliphatic rings. The van der Waals surface area contributed by atoms with E-state index in [4.69, 9.17) is 4.74 Å². The van der Waals surface area contributed by atoms with Gasteiger partial charge in [-0.25, -0.2) is 0 Å². The molecule has 1 atom stereocenters. The largest absolute Gasteiger partial charge is 0.381 e. The quantitative estimate of drug-likeness (QED) is 0.831. The van der Waals surface area contributed by atoms with E-state index >= 15 is 0 Å². The summed E-state index contributed by atoms with van der Waals surface area (Å²) in [7, 11) is 0. The minimum absolute atomic E-state index is 0.0461. The van der Waals surface area contributed by atoms with E-state index in [0.717, 1.165) is 45.3 Å². The average Bonchev–Trinajstić information content (AvgIpc) is 2.59. The van der Waals surface area contributed by atoms with Crippen LogP contribution in [0.15, 0.2) is 0 Å². The van der Waals surface area contributed by atoms with E-state index < -0.39 is 0 Å². The fraction of sp³-hybridized carbons (Fsp3) is 0.875. The first kappa shape index (κ1) is 17.6. The van der Waals surface area contributed by atoms with Crippen LogP contribution in [-0.2, 0) is 14.3 Å². The first-order chi connectivity index (χ1) is 10.6. The maximum atomic E-state index is 12.1. The molecule has 2 heterocycles. The van der Waals surface area contributed by atoms with Gasteiger partial charge >= 0.3 is 0 Å². The van der Waals surface area contributed by atoms with Gasteiger partial charge in [-0.2, -0.15) is 11.8 Å². The molecule has 22 heavy (non-hydrogen) atoms. The Morgan fingerprint density at radius 3 is 2.45 bits per heavy atom. The average molecular weight is 328 g/mol. The number of nitrogens with one attached hydrogen (secondary N) is 1. The van der Waals surface area contributed by atoms with E-state index in [0.29, 0.717) is 19.1 Å². The maximum absolute atomic E-state index is 12.1. The van der Waals surface area contributed by atoms with Crippen molar-refractivity contribution >= 4 is 23.6 Å². The normalized spacial score (nSPS) is 22.4. The zero-order chi connectivity index (χ0) is 15.9. The molecule has 0 spiro atoms. The molecule has 2 amide bonds. The van der Waals surface area contributed by atoms with E-state index in [9.17, 15) is 9.59 Å². The molecule has 0 aromatic carbocycles. The van der Waals surface area contributed by atoms with Crippen molar-refractivity contribution in [3.8, 4) is 0 Å². The first-order valence-electron chi connectivity index (χ1n) is 8.29. The lowest BCUT2D eigenvalue weighted by Crippen LogP contribution is -2.45. The van der Waals surface area contributed by atoms with Crippen molar-refractivity contribution in [2.24, 2.45) is 11.8 Å². The lowest BCUT2D eigenvalue weighted by atomic mass is 9.95. The molecule has 2 saturated heterocycles. The predicted octanol–water partition coefficient (Wildman–Crippen LogP) is 1.52. The van der Waals surface area contributed by atoms with Crippen molar-refractivity contribution < 1.29 is 14.3 Å². The Bertz CT molecular complexity index is 378. The number of nitrogens with zero attached hydrogens (tertiary/aromatic N) is 1. The molecule has 0 radical (unpaired) electrons. The highest BCUT2D eigenvalue weighted by Gasteiger charge is 2.27. The number of likely N-dealkylation sites (tertiary alicyclic amines) is 1. The molecule has 126 valence electrons. The van der Waals surface area contributed by atoms with Gasteiger partial charge in [0.25, 0.3) is 0 Å². The number of piperidine rings is 1. The predicted molar refractivity (Wildman–Crippen MR) is 88.8 cm³/mol. The van der Waals surface area contributed by atoms with Crippen LogP contribution in [0.4, 0.5) is 0 Å². The molecular weight excluding hydrogens is 300 g/mol. The van der Waals surface area contributed by atoms with E-state index in [1.807, 2.05) is 18.1 Å². The van der Waals surface area contributed by atoms with E-state index in [1.54, 1.807) is 11.8 Å². The smallest absolute Gasteiger partial charge is 0.235 e. The van der Waals surface area contributed by atoms with Crippen LogP contribution in [0.25, 0.3) is 0 Å². The Morgan fingerprint density at radius 2 is 1.86 bits per heavy atom. The Labute approximate surface area is 137 Å². The molecule has 0 aromatic heterocycles. The molecule has 1 unspecified atom stereocenters. The van der Waals surface area contributed by atoms with Crippen LogP contribution in [0.3, 0.4) is 0 Å². The number of hydrogen-bond acceptors (Lipinski definition) is 4. The Morgan fingerprint density at radius 1 is 1.23 bits per heavy atom. The highest BCUT2D eigenvalue weighted by molar-refractivity contribution is 7.99. The van der Waals surface area contributed by atoms with Gasteiger partial charge in [0, 0.05) is 38.8 Å². The van der Waals surface area contributed by atoms with Gasteiger partial charge in [-0.15, -0.1) is 0 Å². The summed E-state index contributed by atoms with van der Waals surface area (Å²) >= 11 is 1.60. The summed E-state index contributed by atoms with van der Waals surface area (Å²) in [5.74, 6) is 1.05. The summed E-state index contributed by atoms with van der Waals surface area (Å²) in [5.41, 5.74) is 0. The number of carbonyl (C=O) groups is 2. The molecule has 2 aliphatic heterocycles. The van der Waals surface area contributed by atoms with Gasteiger partial charge in [0.15, 0.2) is 0 Å². The number of carbonyl (C=O) groups excluding carboxylic acids is 2. The lowest BCUT2D eigenvalue weighted by molar-refractivity contribution is -0.132. The fourth-order valence-corrected chi connectivity index (χ4v) is 3.42. The Balaban J connectivity index is 1.67. The van der Waals surface area contributed by atoms with Gasteiger partial charge in [-0.1, -0.05) is 0 Å². The second-order valence-electron chi connectivity index (χ2n) is 6.28. The van der Waals surface area contributed by atoms with Gasteiger partial charge in [-0.05, 0) is 44.8 Å². The standard InChI is InChI=1S/C16H28N2O3S/c1-12(22-2)16(20)18-7-3-13(4-8-18)11-17-15(19)14-5-9-21-10-6-14/h12-14H,3-11H2,1-2H3,(H,17,19). The van der Waals surface area contributed by atoms with Crippen LogP contribution in [0, 0.1) is 11.8 Å². The van der Waals surface area contributed by atoms with Crippen molar-refractivity contribution in [1.82, 2.24) is 10.2 Å². The third-order valence-corrected chi connectivity index (χ3v) is 5.69. The number of thioether (sulfide) groups is 1. The molecule has 1 N–H and O–H groups in total. The fourth-order valence-electron chi connectivity index (χ4n) is 3.06. The second-order valence-corrected chi connectivity index (χ2v) is 7.46. The van der Waals surface area contributed by atoms with Crippen LogP contribution in [-0.4, -0.2) is 61.1 Å². The third kappa shape index (κ3) is 4.88. The van der Waals surface area contributed by atoms with Crippen molar-refractivity contribution in [2.45, 2.75) is 37.9 Å². The second kappa shape index (κ2) is 8.77. The summed E-state index contributed by atoms with van der Waals surface area (Å²) in [4.78, 5) is 26.2. The van der Waals surface area contributed by atoms with Gasteiger partial charge in [0.1, 0.15) is 0 Å². The zero-order valence-electron chi connectivity index (χ0n) is 13.7. The number of ether oxygens (including phenoxy) is 1. The molecule has 0 bridgehead atoms. The molecule has 6 heteroatoms. The van der Waals surface area contributed by atoms with Crippen molar-refractivity contribution in [2.75, 3.05) is 39.1 Å². The van der Waals surface area contributed by atoms with Crippen LogP contribution in [0.5, 0.6) is 0 Å². The Kier molecular flexibility index (Phi) is 7.02. The van der Waals surface area contributed by atoms with Crippen molar-refractivity contribution in [3.63, 3.8) is 0 Å². The van der Waals surface area contributed by atoms with Crippen LogP contribution in [0.2, 0.25) is 0 Å². The van der Waals surface area contributed by atoms with E-state index in [-0.39, 0.29) is 23.0 Å². The van der Waals surface area contributed by atoms with E-state index in [2.05, 4.69) is 5.32 Å². The zero-order valence-corrected chi connectivity index (χ0v) is 14.5. The summed E-state index contributed by atoms with van der Waals surface area (Å²) in [6.07, 6.45) is 5.62. The van der Waals surface area contributed by atoms with E-state index in [1.165, 1.54) is 0 Å². The van der Waals surface area contributed by atoms with Gasteiger partial charge < -0.3 is 15.0 Å². The third-order valence-electron chi connectivity index (χ3n) is 4.78. The maximum Gasteiger partial charge on any atom is 0.235 e. The number of amides is 2. The van der Waals surface area contributed by atoms with Crippen LogP contribution < -0.4 is 5.32 Å². The van der Waals surface area contributed by atoms with Gasteiger partial charge in [0.05, 0.1) is 5.25 Å². The van der Waals surface area contributed by atoms with Gasteiger partial charge in [-0.3, -0.25) is 9.59 Å². The lowest BCUT2D eigenvalue weighted by Gasteiger charge is -2.33. The molecule has 0 saturated carbocycles. The summed E-state index contributed by atoms with van der Waals surface area (Å²) in [5, 5.41) is 3.14. The first-order valence-corrected chi connectivity index (χ1v) is 9.57. The summed E-state index contributed by atoms with van der Waals surface area (Å²) in [6.45, 7) is 5.75. The number of hydrogen-bond donors (Lipinski definition) is 1. The van der Waals surface area contributed by atoms with Crippen molar-refractivity contribution in [3.05, 3.63) is 0 Å². The summed E-state index contributed by atoms with van der Waals surface area (Å²) in [6, 6.07) is 0. The molecule has 5 nitrogen and oxygen atoms in total. The molecular formula is C16H28N2O3S. The molecule has 2 rings (SSSR count). The monoisotopic (exact) mass is 328 g/mol. The van der Waals surface area contributed by atoms with Crippen LogP contribution >= 0.6 is 11.8 Å². The molecule has 0 aromatic rings. The van der Waals surface area contributed by atoms with Crippen molar-refractivity contribution in [1.29, 1.82) is 0 Å². The minimum Gasteiger partial charge on any atom is -0.381 e. The molecule has 2 fully saturated rings.